The molecule has 0 aliphatic carbocycles. The number of benzene rings is 2. The lowest BCUT2D eigenvalue weighted by molar-refractivity contribution is 0.0377. The van der Waals surface area contributed by atoms with Crippen molar-refractivity contribution in [3.05, 3.63) is 71.8 Å². The third kappa shape index (κ3) is 8.00. The van der Waals surface area contributed by atoms with Gasteiger partial charge in [0.1, 0.15) is 5.60 Å². The summed E-state index contributed by atoms with van der Waals surface area (Å²) in [4.78, 5) is 0. The van der Waals surface area contributed by atoms with Crippen LogP contribution in [0.1, 0.15) is 58.6 Å². The quantitative estimate of drug-likeness (QED) is 0.449. The Labute approximate surface area is 194 Å². The van der Waals surface area contributed by atoms with E-state index in [1.54, 1.807) is 0 Å². The first-order chi connectivity index (χ1) is 14.9. The van der Waals surface area contributed by atoms with Gasteiger partial charge in [-0.1, -0.05) is 95.3 Å². The molecule has 0 radical (unpaired) electrons. The van der Waals surface area contributed by atoms with Gasteiger partial charge in [0.15, 0.2) is 0 Å². The Morgan fingerprint density at radius 1 is 0.938 bits per heavy atom. The molecular weight excluding hydrogens is 422 g/mol. The van der Waals surface area contributed by atoms with E-state index in [2.05, 4.69) is 25.5 Å². The third-order valence-electron chi connectivity index (χ3n) is 5.20. The van der Waals surface area contributed by atoms with Gasteiger partial charge in [0, 0.05) is 6.61 Å². The first-order valence-corrected chi connectivity index (χ1v) is 13.0. The van der Waals surface area contributed by atoms with Gasteiger partial charge in [-0.25, -0.2) is 13.1 Å². The van der Waals surface area contributed by atoms with Crippen molar-refractivity contribution < 1.29 is 18.3 Å². The molecular formula is C26H39NO4S. The molecule has 0 saturated heterocycles. The topological polar surface area (TPSA) is 75.6 Å². The Kier molecular flexibility index (Phi) is 9.46. The number of aliphatic hydroxyl groups is 1. The van der Waals surface area contributed by atoms with Crippen LogP contribution in [0.3, 0.4) is 0 Å². The minimum absolute atomic E-state index is 0.0430. The van der Waals surface area contributed by atoms with E-state index in [9.17, 15) is 13.5 Å². The van der Waals surface area contributed by atoms with Gasteiger partial charge in [0.05, 0.1) is 18.4 Å². The van der Waals surface area contributed by atoms with Gasteiger partial charge < -0.3 is 9.84 Å². The van der Waals surface area contributed by atoms with Gasteiger partial charge in [0.2, 0.25) is 10.0 Å². The van der Waals surface area contributed by atoms with Crippen LogP contribution in [0.15, 0.2) is 60.7 Å². The summed E-state index contributed by atoms with van der Waals surface area (Å²) in [6, 6.07) is 17.9. The van der Waals surface area contributed by atoms with E-state index < -0.39 is 21.7 Å². The van der Waals surface area contributed by atoms with E-state index >= 15 is 0 Å². The Hall–Kier alpha value is -1.73. The van der Waals surface area contributed by atoms with Gasteiger partial charge >= 0.3 is 0 Å². The smallest absolute Gasteiger partial charge is 0.212 e. The highest BCUT2D eigenvalue weighted by Gasteiger charge is 2.42. The Morgan fingerprint density at radius 2 is 1.44 bits per heavy atom. The largest absolute Gasteiger partial charge is 0.381 e. The molecule has 5 nitrogen and oxygen atoms in total. The van der Waals surface area contributed by atoms with E-state index in [4.69, 9.17) is 4.74 Å². The average molecular weight is 462 g/mol. The highest BCUT2D eigenvalue weighted by atomic mass is 32.2. The molecule has 0 spiro atoms. The highest BCUT2D eigenvalue weighted by Crippen LogP contribution is 2.36. The monoisotopic (exact) mass is 461 g/mol. The lowest BCUT2D eigenvalue weighted by Crippen LogP contribution is -2.52. The van der Waals surface area contributed by atoms with Crippen LogP contribution in [0.25, 0.3) is 0 Å². The molecule has 2 rings (SSSR count). The molecule has 0 amide bonds. The van der Waals surface area contributed by atoms with Gasteiger partial charge in [-0.05, 0) is 35.3 Å². The molecule has 0 aromatic heterocycles. The predicted molar refractivity (Wildman–Crippen MR) is 131 cm³/mol. The molecule has 178 valence electrons. The summed E-state index contributed by atoms with van der Waals surface area (Å²) >= 11 is 0. The molecule has 0 heterocycles. The second kappa shape index (κ2) is 11.4. The molecule has 0 bridgehead atoms. The lowest BCUT2D eigenvalue weighted by Gasteiger charge is -2.38. The zero-order valence-corrected chi connectivity index (χ0v) is 20.9. The van der Waals surface area contributed by atoms with Crippen LogP contribution in [0.2, 0.25) is 0 Å². The molecule has 0 saturated carbocycles. The van der Waals surface area contributed by atoms with E-state index in [0.29, 0.717) is 37.2 Å². The zero-order chi connectivity index (χ0) is 23.8. The van der Waals surface area contributed by atoms with Crippen LogP contribution in [0.4, 0.5) is 0 Å². The van der Waals surface area contributed by atoms with Crippen LogP contribution >= 0.6 is 0 Å². The van der Waals surface area contributed by atoms with Crippen molar-refractivity contribution in [1.29, 1.82) is 0 Å². The van der Waals surface area contributed by atoms with Crippen molar-refractivity contribution in [2.75, 3.05) is 19.0 Å². The van der Waals surface area contributed by atoms with Crippen molar-refractivity contribution in [1.82, 2.24) is 4.72 Å². The molecule has 2 aromatic rings. The molecule has 2 N–H and O–H groups in total. The van der Waals surface area contributed by atoms with Crippen LogP contribution in [-0.4, -0.2) is 38.5 Å². The van der Waals surface area contributed by atoms with Crippen molar-refractivity contribution in [3.63, 3.8) is 0 Å². The molecule has 0 aliphatic rings. The minimum atomic E-state index is -3.63. The zero-order valence-electron chi connectivity index (χ0n) is 20.0. The third-order valence-corrected chi connectivity index (χ3v) is 6.67. The van der Waals surface area contributed by atoms with E-state index in [1.807, 2.05) is 74.5 Å². The van der Waals surface area contributed by atoms with Crippen molar-refractivity contribution >= 4 is 10.0 Å². The number of nitrogens with one attached hydrogen (secondary N) is 1. The Morgan fingerprint density at radius 3 is 1.88 bits per heavy atom. The lowest BCUT2D eigenvalue weighted by atomic mass is 9.77. The fraction of sp³-hybridized carbons (Fsp3) is 0.538. The Balaban J connectivity index is 2.27. The summed E-state index contributed by atoms with van der Waals surface area (Å²) in [6.45, 7) is 11.3. The molecule has 1 atom stereocenters. The number of rotatable bonds is 12. The molecule has 0 unspecified atom stereocenters. The number of hydrogen-bond donors (Lipinski definition) is 2. The maximum Gasteiger partial charge on any atom is 0.212 e. The summed E-state index contributed by atoms with van der Waals surface area (Å²) in [5.41, 5.74) is -0.134. The van der Waals surface area contributed by atoms with Gasteiger partial charge in [-0.15, -0.1) is 0 Å². The fourth-order valence-electron chi connectivity index (χ4n) is 3.73. The van der Waals surface area contributed by atoms with Crippen LogP contribution < -0.4 is 4.72 Å². The van der Waals surface area contributed by atoms with Crippen LogP contribution in [0.5, 0.6) is 0 Å². The highest BCUT2D eigenvalue weighted by molar-refractivity contribution is 7.89. The molecule has 6 heteroatoms. The standard InChI is InChI=1S/C26H39NO4S/c1-21(2)19-24(27-32(29,30)18-12-17-31-20-25(3,4)5)26(28,22-13-8-6-9-14-22)23-15-10-7-11-16-23/h6-11,13-16,21,24,27-28H,12,17-20H2,1-5H3/t24-/m1/s1. The van der Waals surface area contributed by atoms with Gasteiger partial charge in [0.25, 0.3) is 0 Å². The van der Waals surface area contributed by atoms with Crippen molar-refractivity contribution in [3.8, 4) is 0 Å². The summed E-state index contributed by atoms with van der Waals surface area (Å²) in [5, 5.41) is 12.1. The second-order valence-corrected chi connectivity index (χ2v) is 12.0. The first kappa shape index (κ1) is 26.5. The molecule has 32 heavy (non-hydrogen) atoms. The molecule has 0 fully saturated rings. The van der Waals surface area contributed by atoms with Crippen LogP contribution in [-0.2, 0) is 20.4 Å². The van der Waals surface area contributed by atoms with Crippen molar-refractivity contribution in [2.24, 2.45) is 11.3 Å². The summed E-state index contributed by atoms with van der Waals surface area (Å²) < 4.78 is 34.5. The summed E-state index contributed by atoms with van der Waals surface area (Å²) in [6.07, 6.45) is 0.884. The minimum Gasteiger partial charge on any atom is -0.381 e. The first-order valence-electron chi connectivity index (χ1n) is 11.4. The van der Waals surface area contributed by atoms with Crippen molar-refractivity contribution in [2.45, 2.75) is 59.1 Å². The normalized spacial score (nSPS) is 14.0. The molecule has 2 aromatic carbocycles. The van der Waals surface area contributed by atoms with E-state index in [0.717, 1.165) is 0 Å². The SMILES string of the molecule is CC(C)C[C@@H](NS(=O)(=O)CCCOCC(C)(C)C)C(O)(c1ccccc1)c1ccccc1. The number of ether oxygens (including phenoxy) is 1. The number of hydrogen-bond acceptors (Lipinski definition) is 4. The Bertz CT molecular complexity index is 866. The summed E-state index contributed by atoms with van der Waals surface area (Å²) in [5.74, 6) is 0.127. The average Bonchev–Trinajstić information content (AvgIpc) is 2.72. The number of sulfonamides is 1. The van der Waals surface area contributed by atoms with Gasteiger partial charge in [-0.3, -0.25) is 0 Å². The fourth-order valence-corrected chi connectivity index (χ4v) is 5.05. The maximum absolute atomic E-state index is 13.0. The van der Waals surface area contributed by atoms with Gasteiger partial charge in [-0.2, -0.15) is 0 Å². The van der Waals surface area contributed by atoms with Crippen LogP contribution in [0, 0.1) is 11.3 Å². The second-order valence-electron chi connectivity index (χ2n) is 10.1. The predicted octanol–water partition coefficient (Wildman–Crippen LogP) is 4.71. The maximum atomic E-state index is 13.0. The summed E-state index contributed by atoms with van der Waals surface area (Å²) in [7, 11) is -3.63. The van der Waals surface area contributed by atoms with E-state index in [-0.39, 0.29) is 17.1 Å². The van der Waals surface area contributed by atoms with E-state index in [1.165, 1.54) is 0 Å². The molecule has 0 aliphatic heterocycles.